The Morgan fingerprint density at radius 1 is 1.09 bits per heavy atom. The van der Waals surface area contributed by atoms with Crippen LogP contribution in [0.2, 0.25) is 0 Å². The summed E-state index contributed by atoms with van der Waals surface area (Å²) in [6, 6.07) is 3.41. The van der Waals surface area contributed by atoms with Crippen LogP contribution in [0.3, 0.4) is 0 Å². The molecule has 0 saturated carbocycles. The molecule has 17 nitrogen and oxygen atoms in total. The zero-order valence-corrected chi connectivity index (χ0v) is 24.5. The molecule has 2 aliphatic heterocycles. The minimum atomic E-state index is -4.67. The van der Waals surface area contributed by atoms with Gasteiger partial charge < -0.3 is 38.8 Å². The van der Waals surface area contributed by atoms with Gasteiger partial charge in [-0.3, -0.25) is 13.7 Å². The first kappa shape index (κ1) is 31.8. The van der Waals surface area contributed by atoms with Crippen molar-refractivity contribution in [2.75, 3.05) is 18.9 Å². The second-order valence-corrected chi connectivity index (χ2v) is 11.8. The minimum Gasteiger partial charge on any atom is -0.390 e. The molecule has 4 aromatic rings. The number of hydrogen-bond donors (Lipinski definition) is 3. The number of fused-ring (bicyclic) bond motifs is 2. The van der Waals surface area contributed by atoms with Crippen molar-refractivity contribution in [3.8, 4) is 0 Å². The topological polar surface area (TPSA) is 221 Å². The number of benzene rings is 1. The number of hydrogen-bond acceptors (Lipinski definition) is 14. The van der Waals surface area contributed by atoms with Gasteiger partial charge in [-0.25, -0.2) is 24.0 Å². The van der Waals surface area contributed by atoms with Crippen LogP contribution in [0.25, 0.3) is 22.2 Å². The summed E-state index contributed by atoms with van der Waals surface area (Å²) in [5, 5.41) is 17.9. The fourth-order valence-corrected chi connectivity index (χ4v) is 6.30. The molecule has 0 amide bonds. The molecule has 45 heavy (non-hydrogen) atoms. The molecule has 2 saturated heterocycles. The minimum absolute atomic E-state index is 0.0174. The van der Waals surface area contributed by atoms with Gasteiger partial charge in [0.15, 0.2) is 30.1 Å². The highest BCUT2D eigenvalue weighted by molar-refractivity contribution is 7.33. The number of aliphatic hydroxyl groups is 1. The van der Waals surface area contributed by atoms with Gasteiger partial charge in [0.1, 0.15) is 35.7 Å². The lowest BCUT2D eigenvalue weighted by Crippen LogP contribution is -2.33. The number of ether oxygens (including phenoxy) is 2. The molecule has 0 spiro atoms. The first-order valence-corrected chi connectivity index (χ1v) is 15.6. The molecular formula is C22H24F4N8O9P2. The van der Waals surface area contributed by atoms with E-state index in [0.717, 1.165) is 17.1 Å². The summed E-state index contributed by atoms with van der Waals surface area (Å²) in [6.45, 7) is -1.12. The van der Waals surface area contributed by atoms with Crippen molar-refractivity contribution < 1.29 is 59.7 Å². The van der Waals surface area contributed by atoms with E-state index in [0.29, 0.717) is 0 Å². The zero-order chi connectivity index (χ0) is 32.0. The Labute approximate surface area is 250 Å². The number of aliphatic hydroxyl groups excluding tert-OH is 1. The quantitative estimate of drug-likeness (QED) is 0.161. The van der Waals surface area contributed by atoms with Gasteiger partial charge in [-0.05, 0) is 12.1 Å². The van der Waals surface area contributed by atoms with Crippen molar-refractivity contribution in [1.82, 2.24) is 34.5 Å². The molecule has 2 unspecified atom stereocenters. The maximum absolute atomic E-state index is 15.7. The molecule has 4 N–H and O–H groups in total. The van der Waals surface area contributed by atoms with Gasteiger partial charge >= 0.3 is 22.7 Å². The maximum atomic E-state index is 15.7. The SMILES string of the molecule is Nc1ncnc2c1ncn2[C@@H]1O[C@H](CO[PH](=O)O)[C@@H](O[PH](=O)OC[C@H]2O[C@@H](n3nnc4c(C(F)(F)F)cccc43)C[C@@H]2O)[C@H]1F. The van der Waals surface area contributed by atoms with E-state index in [2.05, 4.69) is 25.3 Å². The van der Waals surface area contributed by atoms with Crippen molar-refractivity contribution in [2.24, 2.45) is 0 Å². The first-order valence-electron chi connectivity index (χ1n) is 13.1. The third kappa shape index (κ3) is 6.32. The lowest BCUT2D eigenvalue weighted by Gasteiger charge is -2.20. The van der Waals surface area contributed by atoms with Crippen LogP contribution >= 0.6 is 16.5 Å². The van der Waals surface area contributed by atoms with Crippen LogP contribution in [0.15, 0.2) is 30.9 Å². The van der Waals surface area contributed by atoms with Crippen molar-refractivity contribution in [3.05, 3.63) is 36.4 Å². The maximum Gasteiger partial charge on any atom is 0.418 e. The molecule has 2 fully saturated rings. The van der Waals surface area contributed by atoms with E-state index in [4.69, 9.17) is 33.7 Å². The van der Waals surface area contributed by atoms with E-state index in [-0.39, 0.29) is 28.9 Å². The van der Waals surface area contributed by atoms with Gasteiger partial charge in [-0.15, -0.1) is 5.10 Å². The summed E-state index contributed by atoms with van der Waals surface area (Å²) in [5.74, 6) is 0.0267. The Balaban J connectivity index is 1.12. The summed E-state index contributed by atoms with van der Waals surface area (Å²) in [5.41, 5.74) is 4.70. The van der Waals surface area contributed by atoms with E-state index in [1.807, 2.05) is 0 Å². The number of rotatable bonds is 10. The van der Waals surface area contributed by atoms with Crippen molar-refractivity contribution in [2.45, 2.75) is 55.6 Å². The van der Waals surface area contributed by atoms with E-state index in [1.54, 1.807) is 0 Å². The molecule has 1 aromatic carbocycles. The molecule has 9 atom stereocenters. The van der Waals surface area contributed by atoms with E-state index < -0.39 is 90.0 Å². The second kappa shape index (κ2) is 12.6. The Morgan fingerprint density at radius 2 is 1.87 bits per heavy atom. The fraction of sp³-hybridized carbons (Fsp3) is 0.500. The molecule has 2 aliphatic rings. The van der Waals surface area contributed by atoms with E-state index in [1.165, 1.54) is 23.0 Å². The van der Waals surface area contributed by atoms with E-state index >= 15 is 4.39 Å². The highest BCUT2D eigenvalue weighted by Gasteiger charge is 2.49. The largest absolute Gasteiger partial charge is 0.418 e. The van der Waals surface area contributed by atoms with Crippen LogP contribution in [0.1, 0.15) is 24.4 Å². The number of halogens is 4. The van der Waals surface area contributed by atoms with Gasteiger partial charge in [0.2, 0.25) is 0 Å². The Morgan fingerprint density at radius 3 is 2.62 bits per heavy atom. The predicted molar refractivity (Wildman–Crippen MR) is 143 cm³/mol. The van der Waals surface area contributed by atoms with Crippen LogP contribution in [-0.4, -0.2) is 88.3 Å². The van der Waals surface area contributed by atoms with Gasteiger partial charge in [0.05, 0.1) is 36.7 Å². The molecule has 6 rings (SSSR count). The number of anilines is 1. The molecular weight excluding hydrogens is 658 g/mol. The fourth-order valence-electron chi connectivity index (χ4n) is 5.12. The molecule has 0 bridgehead atoms. The Kier molecular flexibility index (Phi) is 8.90. The predicted octanol–water partition coefficient (Wildman–Crippen LogP) is 1.95. The third-order valence-corrected chi connectivity index (χ3v) is 8.46. The third-order valence-electron chi connectivity index (χ3n) is 7.18. The second-order valence-electron chi connectivity index (χ2n) is 9.95. The van der Waals surface area contributed by atoms with Crippen LogP contribution in [-0.2, 0) is 38.4 Å². The number of nitrogens with zero attached hydrogens (tertiary/aromatic N) is 7. The average Bonchev–Trinajstić information content (AvgIpc) is 3.76. The van der Waals surface area contributed by atoms with Crippen molar-refractivity contribution in [1.29, 1.82) is 0 Å². The highest BCUT2D eigenvalue weighted by Crippen LogP contribution is 2.42. The standard InChI is InChI=1S/C22H24F4N8O9P2/c23-15-18(13(6-39-44(36)37)42-21(15)33-8-30-17-19(27)28-7-29-20(17)33)43-45(38)40-5-12-11(35)4-14(41-12)34-10-3-1-2-9(22(24,25)26)16(10)31-32-34/h1-3,7-8,11-15,18,21,35,44-45H,4-6H2,(H,36,37)(H2,27,28,29)/t11-,12+,13+,14+,15+,18+,21+/m0/s1. The van der Waals surface area contributed by atoms with Crippen molar-refractivity contribution >= 4 is 44.5 Å². The Hall–Kier alpha value is -3.13. The van der Waals surface area contributed by atoms with Crippen LogP contribution in [0.4, 0.5) is 23.4 Å². The zero-order valence-electron chi connectivity index (χ0n) is 22.5. The first-order chi connectivity index (χ1) is 21.4. The molecule has 5 heterocycles. The Bertz CT molecular complexity index is 1750. The number of alkyl halides is 4. The summed E-state index contributed by atoms with van der Waals surface area (Å²) in [4.78, 5) is 21.0. The number of imidazole rings is 1. The monoisotopic (exact) mass is 682 g/mol. The van der Waals surface area contributed by atoms with Gasteiger partial charge in [-0.2, -0.15) is 13.2 Å². The summed E-state index contributed by atoms with van der Waals surface area (Å²) in [7, 11) is -6.98. The smallest absolute Gasteiger partial charge is 0.390 e. The molecule has 0 radical (unpaired) electrons. The lowest BCUT2D eigenvalue weighted by atomic mass is 10.1. The number of aromatic nitrogens is 7. The average molecular weight is 682 g/mol. The normalized spacial score (nSPS) is 28.7. The van der Waals surface area contributed by atoms with Crippen LogP contribution in [0, 0.1) is 0 Å². The number of nitrogen functional groups attached to an aromatic ring is 1. The summed E-state index contributed by atoms with van der Waals surface area (Å²) >= 11 is 0. The molecule has 23 heteroatoms. The van der Waals surface area contributed by atoms with Crippen molar-refractivity contribution in [3.63, 3.8) is 0 Å². The van der Waals surface area contributed by atoms with E-state index in [9.17, 15) is 27.4 Å². The highest BCUT2D eigenvalue weighted by atomic mass is 31.1. The van der Waals surface area contributed by atoms with Gasteiger partial charge in [0.25, 0.3) is 0 Å². The van der Waals surface area contributed by atoms with Crippen LogP contribution in [0.5, 0.6) is 0 Å². The van der Waals surface area contributed by atoms with Gasteiger partial charge in [0, 0.05) is 6.42 Å². The lowest BCUT2D eigenvalue weighted by molar-refractivity contribution is -0.136. The van der Waals surface area contributed by atoms with Crippen LogP contribution < -0.4 is 5.73 Å². The summed E-state index contributed by atoms with van der Waals surface area (Å²) < 4.78 is 109. The number of nitrogens with two attached hydrogens (primary N) is 1. The summed E-state index contributed by atoms with van der Waals surface area (Å²) in [6.07, 6.45) is -12.3. The molecule has 244 valence electrons. The molecule has 0 aliphatic carbocycles. The molecule has 3 aromatic heterocycles. The van der Waals surface area contributed by atoms with Gasteiger partial charge in [-0.1, -0.05) is 11.3 Å².